The molecule has 0 saturated carbocycles. The Hall–Kier alpha value is -1.61. The Labute approximate surface area is 349 Å². The van der Waals surface area contributed by atoms with E-state index in [0.717, 1.165) is 27.4 Å². The number of rotatable bonds is 26. The zero-order chi connectivity index (χ0) is 38.5. The van der Waals surface area contributed by atoms with Crippen LogP contribution in [0.3, 0.4) is 0 Å². The summed E-state index contributed by atoms with van der Waals surface area (Å²) in [5.41, 5.74) is 0.881. The van der Waals surface area contributed by atoms with Gasteiger partial charge in [-0.15, -0.1) is 0 Å². The van der Waals surface area contributed by atoms with Crippen LogP contribution in [0.25, 0.3) is 0 Å². The lowest BCUT2D eigenvalue weighted by Gasteiger charge is -2.27. The number of hydrogen-bond acceptors (Lipinski definition) is 8. The Bertz CT molecular complexity index is 1380. The van der Waals surface area contributed by atoms with E-state index in [0.29, 0.717) is 52.9 Å². The fourth-order valence-electron chi connectivity index (χ4n) is 6.22. The van der Waals surface area contributed by atoms with Crippen molar-refractivity contribution in [3.8, 4) is 5.75 Å². The second-order valence-electron chi connectivity index (χ2n) is 13.6. The predicted octanol–water partition coefficient (Wildman–Crippen LogP) is 10.4. The van der Waals surface area contributed by atoms with Gasteiger partial charge in [0, 0.05) is 24.0 Å². The van der Waals surface area contributed by atoms with Gasteiger partial charge in [0.25, 0.3) is 5.91 Å². The summed E-state index contributed by atoms with van der Waals surface area (Å²) in [5, 5.41) is 20.6. The van der Waals surface area contributed by atoms with E-state index in [-0.39, 0.29) is 24.6 Å². The third-order valence-electron chi connectivity index (χ3n) is 9.29. The smallest absolute Gasteiger partial charge is 0.311 e. The van der Waals surface area contributed by atoms with Crippen molar-refractivity contribution in [1.82, 2.24) is 10.6 Å². The molecule has 0 aliphatic carbocycles. The van der Waals surface area contributed by atoms with Gasteiger partial charge in [-0.05, 0) is 84.7 Å². The molecule has 3 N–H and O–H groups in total. The minimum Gasteiger partial charge on any atom is -0.495 e. The number of ether oxygens (including phenoxy) is 3. The Morgan fingerprint density at radius 1 is 0.868 bits per heavy atom. The monoisotopic (exact) mass is 995 g/mol. The van der Waals surface area contributed by atoms with Crippen molar-refractivity contribution < 1.29 is 33.7 Å². The van der Waals surface area contributed by atoms with Crippen LogP contribution in [-0.2, 0) is 30.3 Å². The first-order valence-electron chi connectivity index (χ1n) is 19.2. The highest BCUT2D eigenvalue weighted by molar-refractivity contribution is 9.12. The number of carbonyl (C=O) groups excluding carboxylic acids is 2. The summed E-state index contributed by atoms with van der Waals surface area (Å²) in [6.45, 7) is 3.46. The van der Waals surface area contributed by atoms with Crippen LogP contribution in [0.15, 0.2) is 47.2 Å². The van der Waals surface area contributed by atoms with Crippen molar-refractivity contribution in [3.63, 3.8) is 0 Å². The van der Waals surface area contributed by atoms with Crippen LogP contribution in [0, 0.1) is 0 Å². The molecular weight excluding hydrogens is 942 g/mol. The second kappa shape index (κ2) is 25.5. The molecule has 0 fully saturated rings. The zero-order valence-electron chi connectivity index (χ0n) is 31.2. The number of unbranched alkanes of at least 4 members (excludes halogenated alkanes) is 14. The van der Waals surface area contributed by atoms with E-state index in [1.807, 2.05) is 12.1 Å². The molecule has 2 aliphatic rings. The van der Waals surface area contributed by atoms with Crippen molar-refractivity contribution in [2.75, 3.05) is 26.8 Å². The van der Waals surface area contributed by atoms with E-state index in [1.54, 1.807) is 0 Å². The minimum absolute atomic E-state index is 0.0633. The lowest BCUT2D eigenvalue weighted by Crippen LogP contribution is -2.49. The molecule has 0 bridgehead atoms. The molecule has 0 saturated heterocycles. The molecule has 298 valence electrons. The van der Waals surface area contributed by atoms with Gasteiger partial charge in [-0.25, -0.2) is 0 Å². The largest absolute Gasteiger partial charge is 0.495 e. The molecule has 10 nitrogen and oxygen atoms in total. The number of allylic oxidation sites excluding steroid dienone is 1. The van der Waals surface area contributed by atoms with Gasteiger partial charge in [-0.1, -0.05) is 118 Å². The van der Waals surface area contributed by atoms with Gasteiger partial charge in [-0.3, -0.25) is 9.59 Å². The van der Waals surface area contributed by atoms with Gasteiger partial charge in [0.05, 0.1) is 33.6 Å². The number of carbonyl (C=O) groups is 2. The van der Waals surface area contributed by atoms with E-state index in [9.17, 15) is 14.7 Å². The van der Waals surface area contributed by atoms with Gasteiger partial charge in [0.15, 0.2) is 11.8 Å². The van der Waals surface area contributed by atoms with Crippen LogP contribution in [0.1, 0.15) is 128 Å². The number of hydrogen-bond donors (Lipinski definition) is 3. The summed E-state index contributed by atoms with van der Waals surface area (Å²) < 4.78 is 19.7. The fourth-order valence-corrected chi connectivity index (χ4v) is 9.26. The lowest BCUT2D eigenvalue weighted by molar-refractivity contribution is -0.225. The highest BCUT2D eigenvalue weighted by Gasteiger charge is 2.54. The summed E-state index contributed by atoms with van der Waals surface area (Å²) in [7, 11) is 1.51. The molecule has 0 aromatic heterocycles. The maximum Gasteiger partial charge on any atom is 0.311 e. The number of aliphatic hydroxyl groups is 1. The molecule has 2 amide bonds. The standard InChI is InChI=1S/C39H57Br4N3O7/c1-3-4-5-6-7-8-9-10-11-12-13-14-15-16-17-19-33(47)44-22-20-28-24-29(40)36(30(41)25-28)51-23-18-21-45-38(49)34-37(48)39(53-46-34)26-31(42)35(50-2)32(43)27-52-39/h24-25,27,37,48H,3-23,26H2,1-2H3,(H,44,47)(H,45,49)/t37-,39-/m0/s1. The number of nitrogens with one attached hydrogen (secondary N) is 2. The molecular formula is C39H57Br4N3O7. The SMILES string of the molecule is CCCCCCCCCCCCCCCCCC(=O)NCCc1cc(Br)c(OCCCNC(=O)C2=NO[C@@]3(CC(Br)=C(OC)C(Br)=CO3)[C@H]2O)c(Br)c1. The van der Waals surface area contributed by atoms with E-state index in [2.05, 4.69) is 86.4 Å². The first-order valence-corrected chi connectivity index (χ1v) is 22.3. The quantitative estimate of drug-likeness (QED) is 0.0789. The first-order chi connectivity index (χ1) is 25.6. The molecule has 0 radical (unpaired) electrons. The third kappa shape index (κ3) is 15.8. The summed E-state index contributed by atoms with van der Waals surface area (Å²) in [5.74, 6) is -0.920. The molecule has 1 aromatic carbocycles. The number of amides is 2. The van der Waals surface area contributed by atoms with Gasteiger partial charge >= 0.3 is 5.79 Å². The summed E-state index contributed by atoms with van der Waals surface area (Å²) in [4.78, 5) is 30.6. The summed E-state index contributed by atoms with van der Waals surface area (Å²) in [6, 6.07) is 3.98. The summed E-state index contributed by atoms with van der Waals surface area (Å²) >= 11 is 14.0. The average molecular weight is 1000 g/mol. The maximum absolute atomic E-state index is 12.8. The van der Waals surface area contributed by atoms with E-state index < -0.39 is 17.8 Å². The average Bonchev–Trinajstić information content (AvgIpc) is 3.37. The van der Waals surface area contributed by atoms with E-state index in [1.165, 1.54) is 96.8 Å². The predicted molar refractivity (Wildman–Crippen MR) is 224 cm³/mol. The van der Waals surface area contributed by atoms with Crippen LogP contribution < -0.4 is 15.4 Å². The number of nitrogens with zero attached hydrogens (tertiary/aromatic N) is 1. The highest BCUT2D eigenvalue weighted by atomic mass is 79.9. The van der Waals surface area contributed by atoms with Crippen LogP contribution in [0.4, 0.5) is 0 Å². The Morgan fingerprint density at radius 3 is 2.04 bits per heavy atom. The summed E-state index contributed by atoms with van der Waals surface area (Å²) in [6.07, 6.45) is 21.5. The molecule has 2 heterocycles. The molecule has 2 atom stereocenters. The van der Waals surface area contributed by atoms with Crippen LogP contribution in [0.5, 0.6) is 5.75 Å². The van der Waals surface area contributed by atoms with Crippen molar-refractivity contribution in [3.05, 3.63) is 47.6 Å². The third-order valence-corrected chi connectivity index (χ3v) is 11.7. The molecule has 2 aliphatic heterocycles. The van der Waals surface area contributed by atoms with Crippen LogP contribution in [-0.4, -0.2) is 61.3 Å². The fraction of sp³-hybridized carbons (Fsp3) is 0.667. The highest BCUT2D eigenvalue weighted by Crippen LogP contribution is 2.41. The molecule has 1 spiro atoms. The number of benzene rings is 1. The van der Waals surface area contributed by atoms with E-state index in [4.69, 9.17) is 19.0 Å². The Balaban J connectivity index is 1.23. The number of halogens is 4. The molecule has 1 aromatic rings. The number of aliphatic hydroxyl groups excluding tert-OH is 1. The molecule has 53 heavy (non-hydrogen) atoms. The second-order valence-corrected chi connectivity index (χ2v) is 17.1. The van der Waals surface area contributed by atoms with Gasteiger partial charge < -0.3 is 34.8 Å². The molecule has 14 heteroatoms. The Morgan fingerprint density at radius 2 is 1.45 bits per heavy atom. The molecule has 3 rings (SSSR count). The topological polar surface area (TPSA) is 128 Å². The first kappa shape index (κ1) is 45.8. The number of oxime groups is 1. The lowest BCUT2D eigenvalue weighted by atomic mass is 10.0. The zero-order valence-corrected chi connectivity index (χ0v) is 37.6. The molecule has 0 unspecified atom stereocenters. The van der Waals surface area contributed by atoms with Crippen molar-refractivity contribution in [2.24, 2.45) is 5.16 Å². The maximum atomic E-state index is 12.8. The van der Waals surface area contributed by atoms with Crippen molar-refractivity contribution in [2.45, 2.75) is 141 Å². The minimum atomic E-state index is -1.60. The normalized spacial score (nSPS) is 18.2. The van der Waals surface area contributed by atoms with Crippen molar-refractivity contribution in [1.29, 1.82) is 0 Å². The van der Waals surface area contributed by atoms with Gasteiger partial charge in [0.2, 0.25) is 5.91 Å². The van der Waals surface area contributed by atoms with Crippen LogP contribution in [0.2, 0.25) is 0 Å². The van der Waals surface area contributed by atoms with Gasteiger partial charge in [0.1, 0.15) is 17.8 Å². The number of methoxy groups -OCH3 is 1. The van der Waals surface area contributed by atoms with Crippen molar-refractivity contribution >= 4 is 81.2 Å². The van der Waals surface area contributed by atoms with Crippen LogP contribution >= 0.6 is 63.7 Å². The van der Waals surface area contributed by atoms with E-state index >= 15 is 0 Å². The Kier molecular flexibility index (Phi) is 22.0. The van der Waals surface area contributed by atoms with Gasteiger partial charge in [-0.2, -0.15) is 0 Å².